The van der Waals surface area contributed by atoms with Crippen molar-refractivity contribution in [2.24, 2.45) is 0 Å². The summed E-state index contributed by atoms with van der Waals surface area (Å²) in [6.07, 6.45) is 0. The van der Waals surface area contributed by atoms with Crippen molar-refractivity contribution in [2.75, 3.05) is 19.1 Å². The molecule has 4 heteroatoms. The van der Waals surface area contributed by atoms with Crippen molar-refractivity contribution in [3.05, 3.63) is 59.6 Å². The molecule has 27 heavy (non-hydrogen) atoms. The molecule has 5 rings (SSSR count). The van der Waals surface area contributed by atoms with E-state index in [-0.39, 0.29) is 0 Å². The summed E-state index contributed by atoms with van der Waals surface area (Å²) in [7, 11) is 3.78. The maximum Gasteiger partial charge on any atom is 0.121 e. The Balaban J connectivity index is 0.000000872. The number of rotatable bonds is 1. The van der Waals surface area contributed by atoms with Gasteiger partial charge in [-0.25, -0.2) is 4.98 Å². The van der Waals surface area contributed by atoms with Gasteiger partial charge in [-0.3, -0.25) is 0 Å². The lowest BCUT2D eigenvalue weighted by atomic mass is 9.93. The average Bonchev–Trinajstić information content (AvgIpc) is 2.73. The topological polar surface area (TPSA) is 25.4 Å². The summed E-state index contributed by atoms with van der Waals surface area (Å²) in [4.78, 5) is 7.18. The molecule has 4 aromatic rings. The zero-order valence-corrected chi connectivity index (χ0v) is 16.6. The standard InChI is InChI=1S/C21H15ClN2O.C2H6/c1-24-18-6-4-3-5-14(18)21-20-16(10-13(25-2)11-19(20)24)15-9-12(22)7-8-17(15)23-21;1-2/h3-11H,1-2H3;1-2H3. The number of methoxy groups -OCH3 is 1. The van der Waals surface area contributed by atoms with Crippen LogP contribution in [0.3, 0.4) is 0 Å². The van der Waals surface area contributed by atoms with E-state index in [2.05, 4.69) is 48.3 Å². The van der Waals surface area contributed by atoms with Crippen molar-refractivity contribution in [2.45, 2.75) is 13.8 Å². The SMILES string of the molecule is CC.COc1cc2c3c(nc4ccc(Cl)cc4c3c1)-c1ccccc1N2C. The highest BCUT2D eigenvalue weighted by atomic mass is 35.5. The van der Waals surface area contributed by atoms with Crippen molar-refractivity contribution >= 4 is 44.7 Å². The highest BCUT2D eigenvalue weighted by Crippen LogP contribution is 2.49. The van der Waals surface area contributed by atoms with Crippen LogP contribution in [0.1, 0.15) is 13.8 Å². The van der Waals surface area contributed by atoms with E-state index in [0.29, 0.717) is 5.02 Å². The van der Waals surface area contributed by atoms with E-state index < -0.39 is 0 Å². The lowest BCUT2D eigenvalue weighted by molar-refractivity contribution is 0.415. The smallest absolute Gasteiger partial charge is 0.121 e. The molecule has 1 aromatic heterocycles. The third kappa shape index (κ3) is 2.62. The highest BCUT2D eigenvalue weighted by Gasteiger charge is 2.25. The van der Waals surface area contributed by atoms with E-state index in [1.807, 2.05) is 32.0 Å². The summed E-state index contributed by atoms with van der Waals surface area (Å²) in [6.45, 7) is 4.00. The van der Waals surface area contributed by atoms with Crippen molar-refractivity contribution in [3.63, 3.8) is 0 Å². The third-order valence-corrected chi connectivity index (χ3v) is 5.16. The Morgan fingerprint density at radius 1 is 0.926 bits per heavy atom. The van der Waals surface area contributed by atoms with Crippen LogP contribution in [-0.2, 0) is 0 Å². The first kappa shape index (κ1) is 17.6. The van der Waals surface area contributed by atoms with Crippen LogP contribution in [0.5, 0.6) is 5.75 Å². The Bertz CT molecular complexity index is 1170. The molecule has 0 radical (unpaired) electrons. The van der Waals surface area contributed by atoms with Gasteiger partial charge in [0.15, 0.2) is 0 Å². The molecule has 0 fully saturated rings. The lowest BCUT2D eigenvalue weighted by Gasteiger charge is -2.30. The molecular formula is C23H21ClN2O. The van der Waals surface area contributed by atoms with Crippen LogP contribution >= 0.6 is 11.6 Å². The molecule has 0 aliphatic carbocycles. The predicted molar refractivity (Wildman–Crippen MR) is 116 cm³/mol. The molecule has 0 atom stereocenters. The zero-order valence-electron chi connectivity index (χ0n) is 15.9. The fraction of sp³-hybridized carbons (Fsp3) is 0.174. The minimum atomic E-state index is 0.707. The molecule has 3 aromatic carbocycles. The Kier molecular flexibility index (Phi) is 4.40. The second-order valence-electron chi connectivity index (χ2n) is 6.27. The van der Waals surface area contributed by atoms with Gasteiger partial charge in [0.05, 0.1) is 29.7 Å². The van der Waals surface area contributed by atoms with E-state index in [1.165, 1.54) is 0 Å². The summed E-state index contributed by atoms with van der Waals surface area (Å²) in [5.74, 6) is 0.826. The van der Waals surface area contributed by atoms with Crippen LogP contribution in [0, 0.1) is 0 Å². The average molecular weight is 377 g/mol. The molecule has 0 N–H and O–H groups in total. The first-order valence-corrected chi connectivity index (χ1v) is 9.49. The van der Waals surface area contributed by atoms with E-state index in [0.717, 1.165) is 50.1 Å². The minimum absolute atomic E-state index is 0.707. The number of anilines is 2. The van der Waals surface area contributed by atoms with Crippen molar-refractivity contribution in [3.8, 4) is 17.0 Å². The maximum absolute atomic E-state index is 6.26. The normalized spacial score (nSPS) is 11.8. The number of ether oxygens (including phenoxy) is 1. The van der Waals surface area contributed by atoms with Gasteiger partial charge in [-0.05, 0) is 35.7 Å². The number of nitrogens with zero attached hydrogens (tertiary/aromatic N) is 2. The molecule has 1 aliphatic heterocycles. The van der Waals surface area contributed by atoms with Crippen LogP contribution in [0.25, 0.3) is 32.9 Å². The number of benzene rings is 3. The molecule has 0 unspecified atom stereocenters. The van der Waals surface area contributed by atoms with Gasteiger partial charge >= 0.3 is 0 Å². The molecule has 2 heterocycles. The summed E-state index contributed by atoms with van der Waals surface area (Å²) in [5, 5.41) is 3.99. The van der Waals surface area contributed by atoms with Gasteiger partial charge in [0.25, 0.3) is 0 Å². The second-order valence-corrected chi connectivity index (χ2v) is 6.70. The summed E-state index contributed by atoms with van der Waals surface area (Å²) in [6, 6.07) is 18.3. The van der Waals surface area contributed by atoms with E-state index in [1.54, 1.807) is 7.11 Å². The highest BCUT2D eigenvalue weighted by molar-refractivity contribution is 6.32. The number of halogens is 1. The van der Waals surface area contributed by atoms with Gasteiger partial charge < -0.3 is 9.64 Å². The number of para-hydroxylation sites is 1. The van der Waals surface area contributed by atoms with Crippen LogP contribution in [0.2, 0.25) is 5.02 Å². The van der Waals surface area contributed by atoms with Crippen molar-refractivity contribution in [1.29, 1.82) is 0 Å². The Morgan fingerprint density at radius 2 is 1.70 bits per heavy atom. The van der Waals surface area contributed by atoms with Crippen LogP contribution in [0.15, 0.2) is 54.6 Å². The van der Waals surface area contributed by atoms with Crippen LogP contribution in [0.4, 0.5) is 11.4 Å². The van der Waals surface area contributed by atoms with Gasteiger partial charge in [-0.15, -0.1) is 0 Å². The molecular weight excluding hydrogens is 356 g/mol. The molecule has 0 bridgehead atoms. The summed E-state index contributed by atoms with van der Waals surface area (Å²) in [5.41, 5.74) is 5.33. The van der Waals surface area contributed by atoms with Crippen molar-refractivity contribution < 1.29 is 4.74 Å². The van der Waals surface area contributed by atoms with Gasteiger partial charge in [-0.2, -0.15) is 0 Å². The third-order valence-electron chi connectivity index (χ3n) is 4.93. The zero-order chi connectivity index (χ0) is 19.1. The van der Waals surface area contributed by atoms with Gasteiger partial charge in [0.1, 0.15) is 5.75 Å². The monoisotopic (exact) mass is 376 g/mol. The van der Waals surface area contributed by atoms with E-state index >= 15 is 0 Å². The number of pyridine rings is 1. The molecule has 1 aliphatic rings. The molecule has 136 valence electrons. The molecule has 0 spiro atoms. The Morgan fingerprint density at radius 3 is 2.48 bits per heavy atom. The first-order valence-electron chi connectivity index (χ1n) is 9.11. The lowest BCUT2D eigenvalue weighted by Crippen LogP contribution is -2.15. The number of hydrogen-bond acceptors (Lipinski definition) is 3. The fourth-order valence-corrected chi connectivity index (χ4v) is 3.91. The van der Waals surface area contributed by atoms with Crippen LogP contribution in [-0.4, -0.2) is 19.1 Å². The Labute approximate surface area is 164 Å². The van der Waals surface area contributed by atoms with Gasteiger partial charge in [0.2, 0.25) is 0 Å². The van der Waals surface area contributed by atoms with Crippen LogP contribution < -0.4 is 9.64 Å². The quantitative estimate of drug-likeness (QED) is 0.340. The predicted octanol–water partition coefficient (Wildman–Crippen LogP) is 6.82. The number of hydrogen-bond donors (Lipinski definition) is 0. The number of fused-ring (bicyclic) bond motifs is 4. The minimum Gasteiger partial charge on any atom is -0.497 e. The molecule has 0 saturated carbocycles. The largest absolute Gasteiger partial charge is 0.497 e. The molecule has 0 amide bonds. The van der Waals surface area contributed by atoms with E-state index in [9.17, 15) is 0 Å². The van der Waals surface area contributed by atoms with Gasteiger partial charge in [-0.1, -0.05) is 43.6 Å². The molecule has 0 saturated heterocycles. The maximum atomic E-state index is 6.26. The molecule has 3 nitrogen and oxygen atoms in total. The van der Waals surface area contributed by atoms with Crippen molar-refractivity contribution in [1.82, 2.24) is 4.98 Å². The second kappa shape index (κ2) is 6.75. The summed E-state index contributed by atoms with van der Waals surface area (Å²) < 4.78 is 5.56. The number of aromatic nitrogens is 1. The van der Waals surface area contributed by atoms with E-state index in [4.69, 9.17) is 21.3 Å². The summed E-state index contributed by atoms with van der Waals surface area (Å²) >= 11 is 6.26. The Hall–Kier alpha value is -2.78. The fourth-order valence-electron chi connectivity index (χ4n) is 3.73. The first-order chi connectivity index (χ1) is 13.2. The van der Waals surface area contributed by atoms with Gasteiger partial charge in [0, 0.05) is 34.5 Å².